The maximum absolute atomic E-state index is 12.5. The number of amides is 1. The van der Waals surface area contributed by atoms with Crippen LogP contribution in [0.1, 0.15) is 26.2 Å². The lowest BCUT2D eigenvalue weighted by atomic mass is 10.0. The van der Waals surface area contributed by atoms with Crippen LogP contribution in [0.2, 0.25) is 5.02 Å². The molecule has 0 spiro atoms. The first-order valence-corrected chi connectivity index (χ1v) is 8.89. The van der Waals surface area contributed by atoms with Crippen LogP contribution in [0.25, 0.3) is 0 Å². The zero-order valence-corrected chi connectivity index (χ0v) is 14.5. The summed E-state index contributed by atoms with van der Waals surface area (Å²) in [5.74, 6) is 0.858. The molecule has 0 radical (unpaired) electrons. The van der Waals surface area contributed by atoms with Crippen molar-refractivity contribution in [3.8, 4) is 0 Å². The normalized spacial score (nSPS) is 25.0. The van der Waals surface area contributed by atoms with Gasteiger partial charge in [0.2, 0.25) is 5.91 Å². The van der Waals surface area contributed by atoms with Crippen LogP contribution in [0.5, 0.6) is 0 Å². The van der Waals surface area contributed by atoms with Gasteiger partial charge >= 0.3 is 0 Å². The summed E-state index contributed by atoms with van der Waals surface area (Å²) in [6.07, 6.45) is 2.71. The van der Waals surface area contributed by atoms with E-state index in [4.69, 9.17) is 16.3 Å². The topological polar surface area (TPSA) is 32.8 Å². The first-order chi connectivity index (χ1) is 11.1. The fraction of sp³-hybridized carbons (Fsp3) is 0.611. The van der Waals surface area contributed by atoms with Crippen LogP contribution < -0.4 is 4.90 Å². The Kier molecular flexibility index (Phi) is 5.44. The Morgan fingerprint density at radius 2 is 2.26 bits per heavy atom. The third kappa shape index (κ3) is 4.18. The molecule has 23 heavy (non-hydrogen) atoms. The SMILES string of the molecule is C[C@H]1CN(c2cccc(Cl)c2)CCN1C(=O)CC[C@H]1CCOC1. The van der Waals surface area contributed by atoms with Crippen LogP contribution >= 0.6 is 11.6 Å². The summed E-state index contributed by atoms with van der Waals surface area (Å²) < 4.78 is 5.39. The molecular formula is C18H25ClN2O2. The third-order valence-electron chi connectivity index (χ3n) is 4.91. The van der Waals surface area contributed by atoms with E-state index in [1.54, 1.807) is 0 Å². The molecule has 5 heteroatoms. The van der Waals surface area contributed by atoms with Gasteiger partial charge in [0.25, 0.3) is 0 Å². The number of carbonyl (C=O) groups is 1. The fourth-order valence-corrected chi connectivity index (χ4v) is 3.70. The van der Waals surface area contributed by atoms with Gasteiger partial charge in [-0.3, -0.25) is 4.79 Å². The molecule has 2 fully saturated rings. The van der Waals surface area contributed by atoms with Gasteiger partial charge in [0, 0.05) is 56.0 Å². The molecule has 126 valence electrons. The fourth-order valence-electron chi connectivity index (χ4n) is 3.52. The Morgan fingerprint density at radius 1 is 1.39 bits per heavy atom. The predicted octanol–water partition coefficient (Wildman–Crippen LogP) is 3.19. The summed E-state index contributed by atoms with van der Waals surface area (Å²) in [6.45, 7) is 6.32. The molecular weight excluding hydrogens is 312 g/mol. The Hall–Kier alpha value is -1.26. The second kappa shape index (κ2) is 7.54. The lowest BCUT2D eigenvalue weighted by molar-refractivity contribution is -0.133. The van der Waals surface area contributed by atoms with Crippen LogP contribution in [0.4, 0.5) is 5.69 Å². The number of piperazine rings is 1. The van der Waals surface area contributed by atoms with E-state index in [1.165, 1.54) is 0 Å². The molecule has 2 heterocycles. The molecule has 2 aliphatic heterocycles. The molecule has 4 nitrogen and oxygen atoms in total. The van der Waals surface area contributed by atoms with Crippen LogP contribution in [0, 0.1) is 5.92 Å². The van der Waals surface area contributed by atoms with Crippen molar-refractivity contribution in [1.29, 1.82) is 0 Å². The number of rotatable bonds is 4. The van der Waals surface area contributed by atoms with Gasteiger partial charge in [-0.1, -0.05) is 17.7 Å². The standard InChI is InChI=1S/C18H25ClN2O2/c1-14-12-20(17-4-2-3-16(19)11-17)8-9-21(14)18(22)6-5-15-7-10-23-13-15/h2-4,11,14-15H,5-10,12-13H2,1H3/t14-,15-/m0/s1. The summed E-state index contributed by atoms with van der Waals surface area (Å²) in [5, 5.41) is 0.757. The highest BCUT2D eigenvalue weighted by atomic mass is 35.5. The quantitative estimate of drug-likeness (QED) is 0.846. The number of hydrogen-bond acceptors (Lipinski definition) is 3. The maximum Gasteiger partial charge on any atom is 0.222 e. The molecule has 1 amide bonds. The average molecular weight is 337 g/mol. The Balaban J connectivity index is 1.52. The molecule has 3 rings (SSSR count). The van der Waals surface area contributed by atoms with Gasteiger partial charge < -0.3 is 14.5 Å². The molecule has 2 aliphatic rings. The van der Waals surface area contributed by atoms with E-state index >= 15 is 0 Å². The Morgan fingerprint density at radius 3 is 2.96 bits per heavy atom. The summed E-state index contributed by atoms with van der Waals surface area (Å²) >= 11 is 6.08. The molecule has 2 saturated heterocycles. The summed E-state index contributed by atoms with van der Waals surface area (Å²) in [7, 11) is 0. The first-order valence-electron chi connectivity index (χ1n) is 8.51. The number of anilines is 1. The van der Waals surface area contributed by atoms with Gasteiger partial charge in [-0.25, -0.2) is 0 Å². The smallest absolute Gasteiger partial charge is 0.222 e. The molecule has 0 aromatic heterocycles. The minimum absolute atomic E-state index is 0.232. The molecule has 0 aliphatic carbocycles. The van der Waals surface area contributed by atoms with E-state index in [2.05, 4.69) is 17.9 Å². The number of benzene rings is 1. The highest BCUT2D eigenvalue weighted by Crippen LogP contribution is 2.24. The van der Waals surface area contributed by atoms with Crippen molar-refractivity contribution in [3.05, 3.63) is 29.3 Å². The van der Waals surface area contributed by atoms with Crippen LogP contribution in [0.3, 0.4) is 0 Å². The van der Waals surface area contributed by atoms with E-state index in [9.17, 15) is 4.79 Å². The van der Waals surface area contributed by atoms with Crippen molar-refractivity contribution in [1.82, 2.24) is 4.90 Å². The third-order valence-corrected chi connectivity index (χ3v) is 5.15. The van der Waals surface area contributed by atoms with E-state index in [0.29, 0.717) is 12.3 Å². The van der Waals surface area contributed by atoms with Gasteiger partial charge in [-0.05, 0) is 43.9 Å². The largest absolute Gasteiger partial charge is 0.381 e. The molecule has 0 unspecified atom stereocenters. The molecule has 2 atom stereocenters. The van der Waals surface area contributed by atoms with E-state index < -0.39 is 0 Å². The van der Waals surface area contributed by atoms with Gasteiger partial charge in [0.1, 0.15) is 0 Å². The number of carbonyl (C=O) groups excluding carboxylic acids is 1. The lowest BCUT2D eigenvalue weighted by Crippen LogP contribution is -2.54. The van der Waals surface area contributed by atoms with Crippen molar-refractivity contribution in [2.24, 2.45) is 5.92 Å². The van der Waals surface area contributed by atoms with Gasteiger partial charge in [-0.15, -0.1) is 0 Å². The van der Waals surface area contributed by atoms with E-state index in [0.717, 1.165) is 56.4 Å². The highest BCUT2D eigenvalue weighted by Gasteiger charge is 2.28. The van der Waals surface area contributed by atoms with Crippen molar-refractivity contribution >= 4 is 23.2 Å². The van der Waals surface area contributed by atoms with Gasteiger partial charge in [0.15, 0.2) is 0 Å². The van der Waals surface area contributed by atoms with E-state index in [-0.39, 0.29) is 11.9 Å². The van der Waals surface area contributed by atoms with Crippen LogP contribution in [0.15, 0.2) is 24.3 Å². The zero-order valence-electron chi connectivity index (χ0n) is 13.7. The van der Waals surface area contributed by atoms with Crippen molar-refractivity contribution in [3.63, 3.8) is 0 Å². The van der Waals surface area contributed by atoms with Gasteiger partial charge in [0.05, 0.1) is 0 Å². The van der Waals surface area contributed by atoms with E-state index in [1.807, 2.05) is 23.1 Å². The minimum atomic E-state index is 0.232. The lowest BCUT2D eigenvalue weighted by Gasteiger charge is -2.41. The predicted molar refractivity (Wildman–Crippen MR) is 93.0 cm³/mol. The van der Waals surface area contributed by atoms with Crippen molar-refractivity contribution in [2.75, 3.05) is 37.7 Å². The Bertz CT molecular complexity index is 546. The first kappa shape index (κ1) is 16.6. The summed E-state index contributed by atoms with van der Waals surface area (Å²) in [5.41, 5.74) is 1.14. The number of halogens is 1. The van der Waals surface area contributed by atoms with Crippen molar-refractivity contribution < 1.29 is 9.53 Å². The number of nitrogens with zero attached hydrogens (tertiary/aromatic N) is 2. The second-order valence-electron chi connectivity index (χ2n) is 6.63. The van der Waals surface area contributed by atoms with Crippen molar-refractivity contribution in [2.45, 2.75) is 32.2 Å². The number of hydrogen-bond donors (Lipinski definition) is 0. The summed E-state index contributed by atoms with van der Waals surface area (Å²) in [4.78, 5) is 16.9. The Labute approximate surface area is 143 Å². The molecule has 1 aromatic rings. The van der Waals surface area contributed by atoms with Crippen LogP contribution in [-0.4, -0.2) is 49.7 Å². The average Bonchev–Trinajstić information content (AvgIpc) is 3.06. The van der Waals surface area contributed by atoms with Gasteiger partial charge in [-0.2, -0.15) is 0 Å². The highest BCUT2D eigenvalue weighted by molar-refractivity contribution is 6.30. The van der Waals surface area contributed by atoms with Crippen LogP contribution in [-0.2, 0) is 9.53 Å². The monoisotopic (exact) mass is 336 g/mol. The molecule has 0 bridgehead atoms. The number of ether oxygens (including phenoxy) is 1. The molecule has 0 saturated carbocycles. The second-order valence-corrected chi connectivity index (χ2v) is 7.07. The maximum atomic E-state index is 12.5. The summed E-state index contributed by atoms with van der Waals surface area (Å²) in [6, 6.07) is 8.17. The molecule has 1 aromatic carbocycles. The molecule has 0 N–H and O–H groups in total. The zero-order chi connectivity index (χ0) is 16.2. The minimum Gasteiger partial charge on any atom is -0.381 e.